The second-order valence-electron chi connectivity index (χ2n) is 15.4. The predicted molar refractivity (Wildman–Crippen MR) is 180 cm³/mol. The fourth-order valence-electron chi connectivity index (χ4n) is 9.70. The van der Waals surface area contributed by atoms with Crippen LogP contribution in [0.1, 0.15) is 79.1 Å². The Kier molecular flexibility index (Phi) is 12.0. The highest BCUT2D eigenvalue weighted by atomic mass is 16.7. The number of hydrogen-bond donors (Lipinski definition) is 2. The minimum Gasteiger partial charge on any atom is -0.463 e. The van der Waals surface area contributed by atoms with Crippen LogP contribution in [0.4, 0.5) is 0 Å². The Morgan fingerprint density at radius 3 is 2.37 bits per heavy atom. The van der Waals surface area contributed by atoms with Gasteiger partial charge in [0, 0.05) is 32.1 Å². The fraction of sp³-hybridized carbons (Fsp3) is 0.842. The van der Waals surface area contributed by atoms with Gasteiger partial charge >= 0.3 is 5.97 Å². The van der Waals surface area contributed by atoms with Crippen LogP contribution in [0.2, 0.25) is 0 Å². The lowest BCUT2D eigenvalue weighted by Crippen LogP contribution is -2.59. The van der Waals surface area contributed by atoms with Crippen molar-refractivity contribution < 1.29 is 47.9 Å². The summed E-state index contributed by atoms with van der Waals surface area (Å²) in [6.07, 6.45) is 8.24. The van der Waals surface area contributed by atoms with E-state index < -0.39 is 24.6 Å². The first kappa shape index (κ1) is 37.1. The number of aliphatic hydroxyl groups is 1. The van der Waals surface area contributed by atoms with Gasteiger partial charge in [-0.15, -0.1) is 0 Å². The highest BCUT2D eigenvalue weighted by molar-refractivity contribution is 5.99. The SMILES string of the molecule is CN[C@H]1CC[C@H](O[C@H]2CCC[C@H](C)OC(=O)C[C@@H]3C(=C[C@@H]4[C@H]3C=C[C@@H]3C[C@@H](O[C@@H]5O[C@@H](C)[C@H](OC)[C@@H](OC)[C@H]5O)C[C@@H]43)C(=O)[C@@H]2C)O[C@@H]1C. The Bertz CT molecular complexity index is 1220. The third kappa shape index (κ3) is 7.75. The van der Waals surface area contributed by atoms with Crippen molar-refractivity contribution in [2.24, 2.45) is 35.5 Å². The van der Waals surface area contributed by atoms with Crippen LogP contribution in [0.15, 0.2) is 23.8 Å². The summed E-state index contributed by atoms with van der Waals surface area (Å²) in [5, 5.41) is 14.4. The number of rotatable bonds is 7. The van der Waals surface area contributed by atoms with Gasteiger partial charge in [0.15, 0.2) is 18.4 Å². The van der Waals surface area contributed by atoms with Crippen LogP contribution in [0.25, 0.3) is 0 Å². The molecule has 6 aliphatic rings. The molecular weight excluding hydrogens is 630 g/mol. The van der Waals surface area contributed by atoms with Crippen LogP contribution in [-0.4, -0.2) is 106 Å². The number of allylic oxidation sites excluding steroid dienone is 4. The van der Waals surface area contributed by atoms with Crippen molar-refractivity contribution in [3.05, 3.63) is 23.8 Å². The third-order valence-electron chi connectivity index (χ3n) is 12.4. The number of nitrogens with one attached hydrogen (secondary N) is 1. The number of ketones is 1. The molecule has 0 radical (unpaired) electrons. The molecule has 11 nitrogen and oxygen atoms in total. The second-order valence-corrected chi connectivity index (χ2v) is 15.4. The molecule has 3 heterocycles. The molecule has 11 heteroatoms. The molecule has 276 valence electrons. The topological polar surface area (TPSA) is 131 Å². The largest absolute Gasteiger partial charge is 0.463 e. The van der Waals surface area contributed by atoms with E-state index in [1.807, 2.05) is 27.8 Å². The molecule has 0 aromatic heterocycles. The lowest BCUT2D eigenvalue weighted by Gasteiger charge is -2.42. The van der Waals surface area contributed by atoms with Gasteiger partial charge in [-0.2, -0.15) is 0 Å². The number of cyclic esters (lactones) is 1. The number of aliphatic hydroxyl groups excluding tert-OH is 1. The van der Waals surface area contributed by atoms with Crippen molar-refractivity contribution >= 4 is 11.8 Å². The number of fused-ring (bicyclic) bond motifs is 5. The van der Waals surface area contributed by atoms with Crippen molar-refractivity contribution in [3.63, 3.8) is 0 Å². The number of ether oxygens (including phenoxy) is 7. The van der Waals surface area contributed by atoms with Crippen LogP contribution in [0, 0.1) is 35.5 Å². The van der Waals surface area contributed by atoms with Crippen LogP contribution < -0.4 is 5.32 Å². The first-order valence-corrected chi connectivity index (χ1v) is 18.7. The van der Waals surface area contributed by atoms with E-state index >= 15 is 0 Å². The number of esters is 1. The van der Waals surface area contributed by atoms with Gasteiger partial charge < -0.3 is 43.6 Å². The molecule has 0 unspecified atom stereocenters. The van der Waals surface area contributed by atoms with E-state index in [1.165, 1.54) is 0 Å². The summed E-state index contributed by atoms with van der Waals surface area (Å²) >= 11 is 0. The molecule has 0 bridgehead atoms. The van der Waals surface area contributed by atoms with E-state index in [4.69, 9.17) is 33.2 Å². The van der Waals surface area contributed by atoms with Gasteiger partial charge in [0.05, 0.1) is 36.9 Å². The number of methoxy groups -OCH3 is 2. The lowest BCUT2D eigenvalue weighted by atomic mass is 9.70. The summed E-state index contributed by atoms with van der Waals surface area (Å²) in [4.78, 5) is 27.8. The van der Waals surface area contributed by atoms with Crippen molar-refractivity contribution in [1.82, 2.24) is 5.32 Å². The summed E-state index contributed by atoms with van der Waals surface area (Å²) in [6.45, 7) is 7.90. The molecule has 0 spiro atoms. The van der Waals surface area contributed by atoms with Gasteiger partial charge in [-0.3, -0.25) is 9.59 Å². The molecule has 3 aliphatic carbocycles. The zero-order chi connectivity index (χ0) is 35.0. The number of carbonyl (C=O) groups is 2. The summed E-state index contributed by atoms with van der Waals surface area (Å²) in [5.74, 6) is -0.204. The molecule has 4 fully saturated rings. The van der Waals surface area contributed by atoms with Crippen LogP contribution >= 0.6 is 0 Å². The van der Waals surface area contributed by atoms with Crippen molar-refractivity contribution in [2.45, 2.75) is 147 Å². The van der Waals surface area contributed by atoms with E-state index in [0.29, 0.717) is 6.42 Å². The minimum atomic E-state index is -0.989. The van der Waals surface area contributed by atoms with Crippen LogP contribution in [0.3, 0.4) is 0 Å². The average molecular weight is 690 g/mol. The maximum absolute atomic E-state index is 14.5. The molecule has 6 rings (SSSR count). The van der Waals surface area contributed by atoms with E-state index in [1.54, 1.807) is 14.2 Å². The van der Waals surface area contributed by atoms with Gasteiger partial charge in [0.1, 0.15) is 18.3 Å². The van der Waals surface area contributed by atoms with Crippen LogP contribution in [0.5, 0.6) is 0 Å². The number of likely N-dealkylation sites (N-methyl/N-ethyl adjacent to an activating group) is 1. The Labute approximate surface area is 291 Å². The molecule has 1 saturated carbocycles. The van der Waals surface area contributed by atoms with Crippen molar-refractivity contribution in [2.75, 3.05) is 21.3 Å². The molecule has 0 aromatic carbocycles. The van der Waals surface area contributed by atoms with Crippen molar-refractivity contribution in [3.8, 4) is 0 Å². The first-order chi connectivity index (χ1) is 23.5. The fourth-order valence-corrected chi connectivity index (χ4v) is 9.70. The molecule has 3 aliphatic heterocycles. The van der Waals surface area contributed by atoms with Crippen LogP contribution in [-0.2, 0) is 42.7 Å². The molecular formula is C38H59NO10. The van der Waals surface area contributed by atoms with E-state index in [-0.39, 0.29) is 96.5 Å². The van der Waals surface area contributed by atoms with E-state index in [9.17, 15) is 14.7 Å². The highest BCUT2D eigenvalue weighted by Crippen LogP contribution is 2.54. The molecule has 3 saturated heterocycles. The monoisotopic (exact) mass is 689 g/mol. The Balaban J connectivity index is 1.19. The zero-order valence-corrected chi connectivity index (χ0v) is 30.3. The lowest BCUT2D eigenvalue weighted by molar-refractivity contribution is -0.310. The molecule has 0 aromatic rings. The quantitative estimate of drug-likeness (QED) is 0.296. The standard InChI is InChI=1S/C38H59NO10/c1-19-9-8-10-31(49-33-14-13-30(39-5)21(3)46-33)20(2)34(41)29-17-27-25(28(29)18-32(40)45-19)12-11-23-15-24(16-26(23)27)48-38-35(42)37(44-7)36(43-6)22(4)47-38/h11-12,17,19-28,30-31,33,35-39,42H,8-10,13-16,18H2,1-7H3/t19-,20+,21+,22-,23+,24+,25+,26+,27+,28-,30-,31-,33-,35+,36-,37-,38-/m0/s1. The highest BCUT2D eigenvalue weighted by Gasteiger charge is 2.52. The normalized spacial score (nSPS) is 47.7. The summed E-state index contributed by atoms with van der Waals surface area (Å²) in [6, 6.07) is 0.282. The zero-order valence-electron chi connectivity index (χ0n) is 30.3. The molecule has 2 N–H and O–H groups in total. The molecule has 17 atom stereocenters. The van der Waals surface area contributed by atoms with E-state index in [0.717, 1.165) is 44.1 Å². The maximum atomic E-state index is 14.5. The Morgan fingerprint density at radius 2 is 1.65 bits per heavy atom. The number of Topliss-reactive ketones (excluding diaryl/α,β-unsaturated/α-hetero) is 1. The van der Waals surface area contributed by atoms with Crippen molar-refractivity contribution in [1.29, 1.82) is 0 Å². The number of carbonyl (C=O) groups excluding carboxylic acids is 2. The van der Waals surface area contributed by atoms with Gasteiger partial charge in [-0.1, -0.05) is 25.2 Å². The maximum Gasteiger partial charge on any atom is 0.306 e. The average Bonchev–Trinajstić information content (AvgIpc) is 3.65. The predicted octanol–water partition coefficient (Wildman–Crippen LogP) is 4.10. The Hall–Kier alpha value is -1.70. The molecule has 49 heavy (non-hydrogen) atoms. The number of hydrogen-bond acceptors (Lipinski definition) is 11. The van der Waals surface area contributed by atoms with E-state index in [2.05, 4.69) is 30.5 Å². The molecule has 0 amide bonds. The summed E-state index contributed by atoms with van der Waals surface area (Å²) < 4.78 is 42.4. The van der Waals surface area contributed by atoms with Gasteiger partial charge in [0.25, 0.3) is 0 Å². The summed E-state index contributed by atoms with van der Waals surface area (Å²) in [5.41, 5.74) is 0.734. The van der Waals surface area contributed by atoms with Gasteiger partial charge in [0.2, 0.25) is 0 Å². The summed E-state index contributed by atoms with van der Waals surface area (Å²) in [7, 11) is 5.10. The second kappa shape index (κ2) is 15.9. The first-order valence-electron chi connectivity index (χ1n) is 18.7. The smallest absolute Gasteiger partial charge is 0.306 e. The van der Waals surface area contributed by atoms with Gasteiger partial charge in [-0.05, 0) is 102 Å². The third-order valence-corrected chi connectivity index (χ3v) is 12.4. The van der Waals surface area contributed by atoms with Gasteiger partial charge in [-0.25, -0.2) is 0 Å². The Morgan fingerprint density at radius 1 is 0.878 bits per heavy atom. The minimum absolute atomic E-state index is 0.0180.